The highest BCUT2D eigenvalue weighted by molar-refractivity contribution is 6.00. The molecule has 0 radical (unpaired) electrons. The largest absolute Gasteiger partial charge is 0.489 e. The maximum absolute atomic E-state index is 13.3. The summed E-state index contributed by atoms with van der Waals surface area (Å²) in [5, 5.41) is 0. The van der Waals surface area contributed by atoms with Crippen molar-refractivity contribution >= 4 is 11.8 Å². The zero-order valence-electron chi connectivity index (χ0n) is 18.9. The molecule has 1 aromatic heterocycles. The molecule has 4 rings (SSSR count). The van der Waals surface area contributed by atoms with Crippen LogP contribution < -0.4 is 4.74 Å². The molecule has 2 aliphatic rings. The topological polar surface area (TPSA) is 66.0 Å². The highest BCUT2D eigenvalue weighted by Gasteiger charge is 2.35. The first-order chi connectivity index (χ1) is 15.6. The first-order valence-electron chi connectivity index (χ1n) is 11.5. The second kappa shape index (κ2) is 10.1. The average molecular weight is 437 g/mol. The summed E-state index contributed by atoms with van der Waals surface area (Å²) in [5.41, 5.74) is 1.61. The summed E-state index contributed by atoms with van der Waals surface area (Å²) in [6.45, 7) is 8.27. The third-order valence-corrected chi connectivity index (χ3v) is 6.45. The molecule has 7 heteroatoms. The first kappa shape index (κ1) is 22.3. The van der Waals surface area contributed by atoms with Crippen molar-refractivity contribution in [1.29, 1.82) is 0 Å². The molecule has 0 aliphatic carbocycles. The fourth-order valence-corrected chi connectivity index (χ4v) is 4.51. The van der Waals surface area contributed by atoms with Crippen molar-refractivity contribution in [3.05, 3.63) is 59.9 Å². The average Bonchev–Trinajstić information content (AvgIpc) is 2.83. The van der Waals surface area contributed by atoms with Gasteiger partial charge in [0.05, 0.1) is 11.3 Å². The van der Waals surface area contributed by atoms with Crippen LogP contribution in [0.3, 0.4) is 0 Å². The minimum atomic E-state index is -0.459. The highest BCUT2D eigenvalue weighted by Crippen LogP contribution is 2.26. The van der Waals surface area contributed by atoms with Gasteiger partial charge in [-0.2, -0.15) is 0 Å². The number of likely N-dealkylation sites (tertiary alicyclic amines) is 1. The molecule has 2 saturated heterocycles. The number of carbonyl (C=O) groups is 2. The van der Waals surface area contributed by atoms with Crippen molar-refractivity contribution in [3.8, 4) is 5.75 Å². The number of ether oxygens (including phenoxy) is 1. The molecule has 0 bridgehead atoms. The molecular weight excluding hydrogens is 404 g/mol. The van der Waals surface area contributed by atoms with E-state index in [1.807, 2.05) is 50.4 Å². The smallest absolute Gasteiger partial charge is 0.258 e. The van der Waals surface area contributed by atoms with Crippen LogP contribution in [-0.4, -0.2) is 76.4 Å². The number of likely N-dealkylation sites (N-methyl/N-ethyl adjacent to an activating group) is 1. The zero-order valence-corrected chi connectivity index (χ0v) is 18.9. The number of benzene rings is 1. The molecule has 0 unspecified atom stereocenters. The normalized spacial score (nSPS) is 20.4. The second-order valence-corrected chi connectivity index (χ2v) is 8.50. The Morgan fingerprint density at radius 1 is 1.06 bits per heavy atom. The van der Waals surface area contributed by atoms with E-state index in [4.69, 9.17) is 4.74 Å². The van der Waals surface area contributed by atoms with Gasteiger partial charge in [-0.15, -0.1) is 0 Å². The molecule has 2 aromatic rings. The van der Waals surface area contributed by atoms with Crippen LogP contribution in [0.4, 0.5) is 0 Å². The quantitative estimate of drug-likeness (QED) is 0.697. The van der Waals surface area contributed by atoms with E-state index in [-0.39, 0.29) is 17.9 Å². The molecule has 2 aliphatic heterocycles. The van der Waals surface area contributed by atoms with Crippen molar-refractivity contribution in [1.82, 2.24) is 19.7 Å². The Morgan fingerprint density at radius 2 is 1.81 bits per heavy atom. The van der Waals surface area contributed by atoms with E-state index in [9.17, 15) is 9.59 Å². The third kappa shape index (κ3) is 4.93. The Hall–Kier alpha value is -2.93. The van der Waals surface area contributed by atoms with E-state index < -0.39 is 6.04 Å². The SMILES string of the molecule is CCN1CCN(C(=O)c2ccccc2OC2CCN(Cc3ccccn3)CC2)[C@H](C)C1=O. The maximum Gasteiger partial charge on any atom is 0.258 e. The van der Waals surface area contributed by atoms with Gasteiger partial charge < -0.3 is 14.5 Å². The minimum absolute atomic E-state index is 0.00535. The zero-order chi connectivity index (χ0) is 22.5. The molecule has 2 fully saturated rings. The number of piperazine rings is 1. The van der Waals surface area contributed by atoms with Crippen LogP contribution in [0.15, 0.2) is 48.7 Å². The molecule has 32 heavy (non-hydrogen) atoms. The summed E-state index contributed by atoms with van der Waals surface area (Å²) in [5.74, 6) is 0.480. The molecule has 1 atom stereocenters. The van der Waals surface area contributed by atoms with Crippen LogP contribution >= 0.6 is 0 Å². The number of hydrogen-bond acceptors (Lipinski definition) is 5. The van der Waals surface area contributed by atoms with E-state index in [1.54, 1.807) is 15.9 Å². The van der Waals surface area contributed by atoms with Crippen molar-refractivity contribution in [2.24, 2.45) is 0 Å². The standard InChI is InChI=1S/C25H32N4O3/c1-3-28-16-17-29(19(2)24(28)30)25(31)22-9-4-5-10-23(22)32-21-11-14-27(15-12-21)18-20-8-6-7-13-26-20/h4-10,13,19,21H,3,11-12,14-18H2,1-2H3/t19-/m1/s1. The van der Waals surface area contributed by atoms with Crippen molar-refractivity contribution in [2.75, 3.05) is 32.7 Å². The van der Waals surface area contributed by atoms with Crippen LogP contribution in [0.2, 0.25) is 0 Å². The fraction of sp³-hybridized carbons (Fsp3) is 0.480. The first-order valence-corrected chi connectivity index (χ1v) is 11.5. The van der Waals surface area contributed by atoms with Crippen molar-refractivity contribution in [2.45, 2.75) is 45.4 Å². The van der Waals surface area contributed by atoms with Crippen LogP contribution in [0.1, 0.15) is 42.7 Å². The molecule has 0 N–H and O–H groups in total. The molecule has 1 aromatic carbocycles. The van der Waals surface area contributed by atoms with Gasteiger partial charge in [0.2, 0.25) is 5.91 Å². The monoisotopic (exact) mass is 436 g/mol. The van der Waals surface area contributed by atoms with Gasteiger partial charge in [0, 0.05) is 45.5 Å². The number of rotatable bonds is 6. The predicted octanol–water partition coefficient (Wildman–Crippen LogP) is 2.82. The van der Waals surface area contributed by atoms with Gasteiger partial charge in [-0.05, 0) is 51.0 Å². The van der Waals surface area contributed by atoms with Crippen LogP contribution in [0.25, 0.3) is 0 Å². The summed E-state index contributed by atoms with van der Waals surface area (Å²) in [6, 6.07) is 13.0. The Morgan fingerprint density at radius 3 is 2.53 bits per heavy atom. The lowest BCUT2D eigenvalue weighted by Gasteiger charge is -2.39. The highest BCUT2D eigenvalue weighted by atomic mass is 16.5. The molecular formula is C25H32N4O3. The van der Waals surface area contributed by atoms with Gasteiger partial charge in [0.1, 0.15) is 17.9 Å². The van der Waals surface area contributed by atoms with E-state index >= 15 is 0 Å². The third-order valence-electron chi connectivity index (χ3n) is 6.45. The van der Waals surface area contributed by atoms with Gasteiger partial charge >= 0.3 is 0 Å². The van der Waals surface area contributed by atoms with Gasteiger partial charge in [0.15, 0.2) is 0 Å². The van der Waals surface area contributed by atoms with Crippen molar-refractivity contribution in [3.63, 3.8) is 0 Å². The van der Waals surface area contributed by atoms with E-state index in [0.29, 0.717) is 30.9 Å². The fourth-order valence-electron chi connectivity index (χ4n) is 4.51. The summed E-state index contributed by atoms with van der Waals surface area (Å²) >= 11 is 0. The number of hydrogen-bond donors (Lipinski definition) is 0. The van der Waals surface area contributed by atoms with Crippen LogP contribution in [-0.2, 0) is 11.3 Å². The molecule has 170 valence electrons. The lowest BCUT2D eigenvalue weighted by Crippen LogP contribution is -2.57. The van der Waals surface area contributed by atoms with Crippen LogP contribution in [0.5, 0.6) is 5.75 Å². The van der Waals surface area contributed by atoms with Gasteiger partial charge in [-0.25, -0.2) is 0 Å². The molecule has 7 nitrogen and oxygen atoms in total. The van der Waals surface area contributed by atoms with Gasteiger partial charge in [-0.1, -0.05) is 18.2 Å². The molecule has 2 amide bonds. The second-order valence-electron chi connectivity index (χ2n) is 8.50. The van der Waals surface area contributed by atoms with E-state index in [0.717, 1.165) is 38.2 Å². The summed E-state index contributed by atoms with van der Waals surface area (Å²) in [6.07, 6.45) is 3.70. The Labute approximate surface area is 190 Å². The Bertz CT molecular complexity index is 928. The predicted molar refractivity (Wildman–Crippen MR) is 122 cm³/mol. The Balaban J connectivity index is 1.38. The summed E-state index contributed by atoms with van der Waals surface area (Å²) in [7, 11) is 0. The Kier molecular flexibility index (Phi) is 7.05. The number of piperidine rings is 1. The number of amides is 2. The van der Waals surface area contributed by atoms with Crippen LogP contribution in [0, 0.1) is 0 Å². The maximum atomic E-state index is 13.3. The van der Waals surface area contributed by atoms with E-state index in [1.165, 1.54) is 0 Å². The summed E-state index contributed by atoms with van der Waals surface area (Å²) < 4.78 is 6.32. The number of nitrogens with zero attached hydrogens (tertiary/aromatic N) is 4. The lowest BCUT2D eigenvalue weighted by atomic mass is 10.1. The minimum Gasteiger partial charge on any atom is -0.489 e. The number of pyridine rings is 1. The number of para-hydroxylation sites is 1. The molecule has 0 saturated carbocycles. The molecule has 3 heterocycles. The van der Waals surface area contributed by atoms with Gasteiger partial charge in [-0.3, -0.25) is 19.5 Å². The lowest BCUT2D eigenvalue weighted by molar-refractivity contribution is -0.139. The van der Waals surface area contributed by atoms with Crippen molar-refractivity contribution < 1.29 is 14.3 Å². The summed E-state index contributed by atoms with van der Waals surface area (Å²) in [4.78, 5) is 36.2. The van der Waals surface area contributed by atoms with Gasteiger partial charge in [0.25, 0.3) is 5.91 Å². The molecule has 0 spiro atoms. The van der Waals surface area contributed by atoms with E-state index in [2.05, 4.69) is 16.0 Å². The number of aromatic nitrogens is 1. The number of carbonyl (C=O) groups excluding carboxylic acids is 2.